The standard InChI is InChI=1S/C24H30F2N2O2/c1-2-16-4-3-5-18(8-16)14-27-15-23(29)22(28-24(30)12-17-6-7-17)11-19-9-20(25)13-21(26)10-19/h3-5,8-10,13,17,22-23,27,29H,2,6-7,11-12,14-15H2,1H3,(H,28,30)/t22-,23-/m0/s1. The smallest absolute Gasteiger partial charge is 0.220 e. The number of nitrogens with one attached hydrogen (secondary N) is 2. The predicted octanol–water partition coefficient (Wildman–Crippen LogP) is 3.51. The number of hydrogen-bond donors (Lipinski definition) is 3. The number of halogens is 2. The third-order valence-electron chi connectivity index (χ3n) is 5.44. The zero-order valence-corrected chi connectivity index (χ0v) is 17.3. The number of aliphatic hydroxyl groups is 1. The molecule has 1 fully saturated rings. The van der Waals surface area contributed by atoms with Gasteiger partial charge in [0, 0.05) is 25.6 Å². The molecule has 2 aromatic carbocycles. The van der Waals surface area contributed by atoms with Gasteiger partial charge in [-0.15, -0.1) is 0 Å². The van der Waals surface area contributed by atoms with Crippen molar-refractivity contribution in [2.45, 2.75) is 57.7 Å². The first-order chi connectivity index (χ1) is 14.4. The Balaban J connectivity index is 1.60. The second kappa shape index (κ2) is 10.6. The molecule has 0 heterocycles. The fourth-order valence-corrected chi connectivity index (χ4v) is 3.58. The summed E-state index contributed by atoms with van der Waals surface area (Å²) in [5, 5.41) is 16.8. The molecule has 2 atom stereocenters. The SMILES string of the molecule is CCc1cccc(CNC[C@H](O)[C@H](Cc2cc(F)cc(F)c2)NC(=O)CC2CC2)c1. The third-order valence-corrected chi connectivity index (χ3v) is 5.44. The lowest BCUT2D eigenvalue weighted by Gasteiger charge is -2.25. The Morgan fingerprint density at radius 1 is 1.10 bits per heavy atom. The monoisotopic (exact) mass is 416 g/mol. The Hall–Kier alpha value is -2.31. The minimum atomic E-state index is -0.895. The number of carbonyl (C=O) groups is 1. The number of aliphatic hydroxyl groups excluding tert-OH is 1. The van der Waals surface area contributed by atoms with Crippen molar-refractivity contribution in [2.75, 3.05) is 6.54 Å². The van der Waals surface area contributed by atoms with Gasteiger partial charge >= 0.3 is 0 Å². The lowest BCUT2D eigenvalue weighted by atomic mass is 10.00. The fraction of sp³-hybridized carbons (Fsp3) is 0.458. The molecule has 3 N–H and O–H groups in total. The third kappa shape index (κ3) is 7.18. The summed E-state index contributed by atoms with van der Waals surface area (Å²) in [6.07, 6.45) is 2.74. The van der Waals surface area contributed by atoms with Gasteiger partial charge < -0.3 is 15.7 Å². The van der Waals surface area contributed by atoms with Gasteiger partial charge in [-0.3, -0.25) is 4.79 Å². The Kier molecular flexibility index (Phi) is 7.94. The fourth-order valence-electron chi connectivity index (χ4n) is 3.58. The van der Waals surface area contributed by atoms with Crippen LogP contribution in [0, 0.1) is 17.6 Å². The maximum atomic E-state index is 13.6. The first kappa shape index (κ1) is 22.4. The number of rotatable bonds is 11. The lowest BCUT2D eigenvalue weighted by Crippen LogP contribution is -2.48. The van der Waals surface area contributed by atoms with Crippen LogP contribution in [-0.2, 0) is 24.2 Å². The Labute approximate surface area is 176 Å². The van der Waals surface area contributed by atoms with Gasteiger partial charge in [-0.2, -0.15) is 0 Å². The summed E-state index contributed by atoms with van der Waals surface area (Å²) in [5.74, 6) is -1.06. The molecular formula is C24H30F2N2O2. The Bertz CT molecular complexity index is 835. The summed E-state index contributed by atoms with van der Waals surface area (Å²) in [5.41, 5.74) is 2.76. The molecule has 0 bridgehead atoms. The van der Waals surface area contributed by atoms with E-state index >= 15 is 0 Å². The molecule has 6 heteroatoms. The van der Waals surface area contributed by atoms with Gasteiger partial charge in [-0.05, 0) is 60.4 Å². The van der Waals surface area contributed by atoms with Gasteiger partial charge in [-0.25, -0.2) is 8.78 Å². The molecule has 0 radical (unpaired) electrons. The van der Waals surface area contributed by atoms with Crippen molar-refractivity contribution in [3.05, 3.63) is 70.8 Å². The number of hydrogen-bond acceptors (Lipinski definition) is 3. The minimum Gasteiger partial charge on any atom is -0.390 e. The summed E-state index contributed by atoms with van der Waals surface area (Å²) in [7, 11) is 0. The molecule has 30 heavy (non-hydrogen) atoms. The van der Waals surface area contributed by atoms with Crippen LogP contribution >= 0.6 is 0 Å². The van der Waals surface area contributed by atoms with E-state index in [9.17, 15) is 18.7 Å². The van der Waals surface area contributed by atoms with Crippen LogP contribution in [0.5, 0.6) is 0 Å². The summed E-state index contributed by atoms with van der Waals surface area (Å²) in [6.45, 7) is 2.94. The van der Waals surface area contributed by atoms with Crippen molar-refractivity contribution in [3.8, 4) is 0 Å². The number of amides is 1. The van der Waals surface area contributed by atoms with Crippen LogP contribution in [0.15, 0.2) is 42.5 Å². The van der Waals surface area contributed by atoms with E-state index in [-0.39, 0.29) is 18.9 Å². The topological polar surface area (TPSA) is 61.4 Å². The molecule has 0 unspecified atom stereocenters. The molecule has 1 aliphatic rings. The van der Waals surface area contributed by atoms with Crippen LogP contribution in [0.3, 0.4) is 0 Å². The first-order valence-electron chi connectivity index (χ1n) is 10.6. The van der Waals surface area contributed by atoms with Crippen LogP contribution < -0.4 is 10.6 Å². The summed E-state index contributed by atoms with van der Waals surface area (Å²) < 4.78 is 27.1. The minimum absolute atomic E-state index is 0.130. The normalized spacial score (nSPS) is 15.6. The Morgan fingerprint density at radius 3 is 2.47 bits per heavy atom. The summed E-state index contributed by atoms with van der Waals surface area (Å²) >= 11 is 0. The largest absolute Gasteiger partial charge is 0.390 e. The highest BCUT2D eigenvalue weighted by Crippen LogP contribution is 2.32. The van der Waals surface area contributed by atoms with E-state index in [0.717, 1.165) is 30.9 Å². The molecule has 2 aromatic rings. The second-order valence-electron chi connectivity index (χ2n) is 8.18. The molecule has 0 aromatic heterocycles. The molecule has 4 nitrogen and oxygen atoms in total. The van der Waals surface area contributed by atoms with Gasteiger partial charge in [0.05, 0.1) is 12.1 Å². The van der Waals surface area contributed by atoms with E-state index in [1.54, 1.807) is 0 Å². The van der Waals surface area contributed by atoms with E-state index in [1.165, 1.54) is 17.7 Å². The van der Waals surface area contributed by atoms with Crippen LogP contribution in [0.4, 0.5) is 8.78 Å². The van der Waals surface area contributed by atoms with E-state index in [1.807, 2.05) is 12.1 Å². The zero-order valence-electron chi connectivity index (χ0n) is 17.3. The van der Waals surface area contributed by atoms with Crippen molar-refractivity contribution < 1.29 is 18.7 Å². The van der Waals surface area contributed by atoms with Crippen molar-refractivity contribution in [3.63, 3.8) is 0 Å². The maximum Gasteiger partial charge on any atom is 0.220 e. The lowest BCUT2D eigenvalue weighted by molar-refractivity contribution is -0.123. The van der Waals surface area contributed by atoms with E-state index < -0.39 is 23.8 Å². The number of benzene rings is 2. The highest BCUT2D eigenvalue weighted by atomic mass is 19.1. The van der Waals surface area contributed by atoms with E-state index in [4.69, 9.17) is 0 Å². The van der Waals surface area contributed by atoms with Crippen molar-refractivity contribution >= 4 is 5.91 Å². The quantitative estimate of drug-likeness (QED) is 0.525. The Morgan fingerprint density at radius 2 is 1.80 bits per heavy atom. The molecule has 162 valence electrons. The van der Waals surface area contributed by atoms with Gasteiger partial charge in [0.15, 0.2) is 0 Å². The number of carbonyl (C=O) groups excluding carboxylic acids is 1. The molecule has 1 aliphatic carbocycles. The molecular weight excluding hydrogens is 386 g/mol. The first-order valence-corrected chi connectivity index (χ1v) is 10.6. The summed E-state index contributed by atoms with van der Waals surface area (Å²) in [4.78, 5) is 12.3. The molecule has 0 spiro atoms. The number of aryl methyl sites for hydroxylation is 1. The van der Waals surface area contributed by atoms with Gasteiger partial charge in [0.2, 0.25) is 5.91 Å². The van der Waals surface area contributed by atoms with Crippen LogP contribution in [0.25, 0.3) is 0 Å². The predicted molar refractivity (Wildman–Crippen MR) is 113 cm³/mol. The zero-order chi connectivity index (χ0) is 21.5. The van der Waals surface area contributed by atoms with Gasteiger partial charge in [0.25, 0.3) is 0 Å². The average Bonchev–Trinajstić information content (AvgIpc) is 3.50. The van der Waals surface area contributed by atoms with Crippen molar-refractivity contribution in [1.82, 2.24) is 10.6 Å². The van der Waals surface area contributed by atoms with E-state index in [0.29, 0.717) is 24.4 Å². The maximum absolute atomic E-state index is 13.6. The summed E-state index contributed by atoms with van der Waals surface area (Å²) in [6, 6.07) is 10.9. The van der Waals surface area contributed by atoms with Gasteiger partial charge in [0.1, 0.15) is 11.6 Å². The highest BCUT2D eigenvalue weighted by molar-refractivity contribution is 5.76. The van der Waals surface area contributed by atoms with Crippen LogP contribution in [0.1, 0.15) is 42.9 Å². The van der Waals surface area contributed by atoms with E-state index in [2.05, 4.69) is 29.7 Å². The molecule has 1 amide bonds. The van der Waals surface area contributed by atoms with Crippen molar-refractivity contribution in [1.29, 1.82) is 0 Å². The van der Waals surface area contributed by atoms with Crippen LogP contribution in [0.2, 0.25) is 0 Å². The van der Waals surface area contributed by atoms with Crippen molar-refractivity contribution in [2.24, 2.45) is 5.92 Å². The second-order valence-corrected chi connectivity index (χ2v) is 8.18. The molecule has 0 aliphatic heterocycles. The molecule has 1 saturated carbocycles. The molecule has 0 saturated heterocycles. The van der Waals surface area contributed by atoms with Gasteiger partial charge in [-0.1, -0.05) is 31.2 Å². The highest BCUT2D eigenvalue weighted by Gasteiger charge is 2.27. The van der Waals surface area contributed by atoms with Crippen LogP contribution in [-0.4, -0.2) is 29.7 Å². The molecule has 3 rings (SSSR count). The average molecular weight is 417 g/mol.